The quantitative estimate of drug-likeness (QED) is 0.705. The summed E-state index contributed by atoms with van der Waals surface area (Å²) in [6.45, 7) is 9.72. The lowest BCUT2D eigenvalue weighted by molar-refractivity contribution is -0.129. The molecule has 2 atom stereocenters. The largest absolute Gasteiger partial charge is 0.353 e. The molecule has 2 unspecified atom stereocenters. The number of carbonyl (C=O) groups is 1. The molecule has 0 fully saturated rings. The summed E-state index contributed by atoms with van der Waals surface area (Å²) in [4.78, 5) is 11.5. The van der Waals surface area contributed by atoms with E-state index in [1.54, 1.807) is 0 Å². The molecule has 0 saturated heterocycles. The van der Waals surface area contributed by atoms with Crippen LogP contribution in [0.5, 0.6) is 0 Å². The first-order chi connectivity index (χ1) is 5.79. The molecule has 1 amide bonds. The van der Waals surface area contributed by atoms with Gasteiger partial charge in [0.15, 0.2) is 0 Å². The fourth-order valence-electron chi connectivity index (χ4n) is 0.699. The van der Waals surface area contributed by atoms with E-state index in [-0.39, 0.29) is 17.4 Å². The van der Waals surface area contributed by atoms with Crippen molar-refractivity contribution in [1.29, 1.82) is 0 Å². The van der Waals surface area contributed by atoms with Crippen LogP contribution in [0, 0.1) is 11.3 Å². The number of halogens is 1. The van der Waals surface area contributed by atoms with Gasteiger partial charge in [-0.2, -0.15) is 0 Å². The molecule has 1 N–H and O–H groups in total. The SMILES string of the molecule is CC(CCl)C(C)NC(=O)C(C)(C)C. The van der Waals surface area contributed by atoms with Crippen molar-refractivity contribution in [3.8, 4) is 0 Å². The van der Waals surface area contributed by atoms with E-state index in [9.17, 15) is 4.79 Å². The monoisotopic (exact) mass is 205 g/mol. The summed E-state index contributed by atoms with van der Waals surface area (Å²) >= 11 is 5.69. The topological polar surface area (TPSA) is 29.1 Å². The molecule has 0 saturated carbocycles. The highest BCUT2D eigenvalue weighted by molar-refractivity contribution is 6.18. The van der Waals surface area contributed by atoms with Crippen molar-refractivity contribution in [1.82, 2.24) is 5.32 Å². The van der Waals surface area contributed by atoms with Crippen LogP contribution in [-0.4, -0.2) is 17.8 Å². The molecule has 78 valence electrons. The van der Waals surface area contributed by atoms with Gasteiger partial charge < -0.3 is 5.32 Å². The Kier molecular flexibility index (Phi) is 4.76. The van der Waals surface area contributed by atoms with Gasteiger partial charge in [0.2, 0.25) is 5.91 Å². The van der Waals surface area contributed by atoms with E-state index >= 15 is 0 Å². The minimum Gasteiger partial charge on any atom is -0.353 e. The molecule has 0 aliphatic carbocycles. The van der Waals surface area contributed by atoms with E-state index < -0.39 is 0 Å². The van der Waals surface area contributed by atoms with Gasteiger partial charge in [-0.25, -0.2) is 0 Å². The second-order valence-corrected chi connectivity index (χ2v) is 4.95. The van der Waals surface area contributed by atoms with Crippen LogP contribution < -0.4 is 5.32 Å². The average molecular weight is 206 g/mol. The van der Waals surface area contributed by atoms with Gasteiger partial charge in [-0.3, -0.25) is 4.79 Å². The van der Waals surface area contributed by atoms with E-state index in [0.717, 1.165) is 0 Å². The second kappa shape index (κ2) is 4.85. The van der Waals surface area contributed by atoms with Crippen LogP contribution in [0.3, 0.4) is 0 Å². The zero-order chi connectivity index (χ0) is 10.6. The van der Waals surface area contributed by atoms with Crippen molar-refractivity contribution < 1.29 is 4.79 Å². The zero-order valence-corrected chi connectivity index (χ0v) is 9.90. The molecule has 0 aromatic heterocycles. The van der Waals surface area contributed by atoms with E-state index in [4.69, 9.17) is 11.6 Å². The summed E-state index contributed by atoms with van der Waals surface area (Å²) in [6.07, 6.45) is 0. The van der Waals surface area contributed by atoms with Gasteiger partial charge in [0.1, 0.15) is 0 Å². The minimum absolute atomic E-state index is 0.0805. The van der Waals surface area contributed by atoms with Crippen LogP contribution in [0.4, 0.5) is 0 Å². The van der Waals surface area contributed by atoms with Gasteiger partial charge >= 0.3 is 0 Å². The van der Waals surface area contributed by atoms with Crippen molar-refractivity contribution in [2.24, 2.45) is 11.3 Å². The van der Waals surface area contributed by atoms with Crippen molar-refractivity contribution in [2.45, 2.75) is 40.7 Å². The summed E-state index contributed by atoms with van der Waals surface area (Å²) in [5.41, 5.74) is -0.319. The van der Waals surface area contributed by atoms with E-state index in [1.807, 2.05) is 34.6 Å². The number of alkyl halides is 1. The van der Waals surface area contributed by atoms with Gasteiger partial charge in [-0.05, 0) is 12.8 Å². The van der Waals surface area contributed by atoms with Gasteiger partial charge in [0.05, 0.1) is 0 Å². The molecule has 0 aliphatic rings. The van der Waals surface area contributed by atoms with Crippen molar-refractivity contribution >= 4 is 17.5 Å². The second-order valence-electron chi connectivity index (χ2n) is 4.64. The highest BCUT2D eigenvalue weighted by atomic mass is 35.5. The third kappa shape index (κ3) is 4.51. The Bertz CT molecular complexity index is 174. The summed E-state index contributed by atoms with van der Waals surface area (Å²) in [7, 11) is 0. The smallest absolute Gasteiger partial charge is 0.225 e. The third-order valence-electron chi connectivity index (χ3n) is 2.14. The molecule has 0 aliphatic heterocycles. The number of carbonyl (C=O) groups excluding carboxylic acids is 1. The summed E-state index contributed by atoms with van der Waals surface area (Å²) < 4.78 is 0. The van der Waals surface area contributed by atoms with Gasteiger partial charge in [0, 0.05) is 17.3 Å². The fraction of sp³-hybridized carbons (Fsp3) is 0.900. The first kappa shape index (κ1) is 12.8. The number of rotatable bonds is 3. The zero-order valence-electron chi connectivity index (χ0n) is 9.15. The van der Waals surface area contributed by atoms with Crippen LogP contribution in [-0.2, 0) is 4.79 Å². The molecule has 0 aromatic carbocycles. The molecular weight excluding hydrogens is 186 g/mol. The fourth-order valence-corrected chi connectivity index (χ4v) is 0.966. The molecule has 2 nitrogen and oxygen atoms in total. The molecular formula is C10H20ClNO. The molecule has 0 spiro atoms. The maximum absolute atomic E-state index is 11.5. The minimum atomic E-state index is -0.319. The summed E-state index contributed by atoms with van der Waals surface area (Å²) in [5.74, 6) is 0.968. The van der Waals surface area contributed by atoms with Crippen molar-refractivity contribution in [3.05, 3.63) is 0 Å². The number of nitrogens with one attached hydrogen (secondary N) is 1. The average Bonchev–Trinajstić information content (AvgIpc) is 2.01. The standard InChI is InChI=1S/C10H20ClNO/c1-7(6-11)8(2)12-9(13)10(3,4)5/h7-8H,6H2,1-5H3,(H,12,13). The number of hydrogen-bond acceptors (Lipinski definition) is 1. The van der Waals surface area contributed by atoms with Crippen LogP contribution in [0.25, 0.3) is 0 Å². The Balaban J connectivity index is 4.07. The molecule has 0 bridgehead atoms. The molecule has 13 heavy (non-hydrogen) atoms. The predicted octanol–water partition coefficient (Wildman–Crippen LogP) is 2.41. The van der Waals surface area contributed by atoms with Gasteiger partial charge in [-0.15, -0.1) is 11.6 Å². The predicted molar refractivity (Wildman–Crippen MR) is 56.9 cm³/mol. The van der Waals surface area contributed by atoms with Crippen molar-refractivity contribution in [3.63, 3.8) is 0 Å². The Labute approximate surface area is 86.0 Å². The maximum atomic E-state index is 11.5. The lowest BCUT2D eigenvalue weighted by Crippen LogP contribution is -2.43. The molecule has 3 heteroatoms. The number of hydrogen-bond donors (Lipinski definition) is 1. The van der Waals surface area contributed by atoms with E-state index in [1.165, 1.54) is 0 Å². The van der Waals surface area contributed by atoms with Gasteiger partial charge in [0.25, 0.3) is 0 Å². The van der Waals surface area contributed by atoms with Crippen LogP contribution in [0.15, 0.2) is 0 Å². The lowest BCUT2D eigenvalue weighted by atomic mass is 9.94. The highest BCUT2D eigenvalue weighted by Gasteiger charge is 2.23. The van der Waals surface area contributed by atoms with Gasteiger partial charge in [-0.1, -0.05) is 27.7 Å². The molecule has 0 aromatic rings. The van der Waals surface area contributed by atoms with E-state index in [2.05, 4.69) is 5.32 Å². The summed E-state index contributed by atoms with van der Waals surface area (Å²) in [5, 5.41) is 2.95. The van der Waals surface area contributed by atoms with Crippen LogP contribution in [0.1, 0.15) is 34.6 Å². The molecule has 0 radical (unpaired) electrons. The first-order valence-electron chi connectivity index (χ1n) is 4.66. The Morgan fingerprint density at radius 2 is 1.85 bits per heavy atom. The van der Waals surface area contributed by atoms with E-state index in [0.29, 0.717) is 11.8 Å². The van der Waals surface area contributed by atoms with Crippen LogP contribution >= 0.6 is 11.6 Å². The normalized spacial score (nSPS) is 16.5. The summed E-state index contributed by atoms with van der Waals surface area (Å²) in [6, 6.07) is 0.143. The number of amides is 1. The molecule has 0 rings (SSSR count). The Hall–Kier alpha value is -0.240. The Morgan fingerprint density at radius 3 is 2.15 bits per heavy atom. The van der Waals surface area contributed by atoms with Crippen LogP contribution in [0.2, 0.25) is 0 Å². The first-order valence-corrected chi connectivity index (χ1v) is 5.19. The highest BCUT2D eigenvalue weighted by Crippen LogP contribution is 2.14. The lowest BCUT2D eigenvalue weighted by Gasteiger charge is -2.24. The maximum Gasteiger partial charge on any atom is 0.225 e. The third-order valence-corrected chi connectivity index (χ3v) is 2.62. The molecule has 0 heterocycles. The van der Waals surface area contributed by atoms with Crippen molar-refractivity contribution in [2.75, 3.05) is 5.88 Å². The Morgan fingerprint density at radius 1 is 1.38 bits per heavy atom.